The molecular weight excluding hydrogens is 484 g/mol. The molecule has 0 atom stereocenters. The van der Waals surface area contributed by atoms with Crippen LogP contribution >= 0.6 is 0 Å². The van der Waals surface area contributed by atoms with E-state index in [0.717, 1.165) is 33.3 Å². The van der Waals surface area contributed by atoms with Gasteiger partial charge in [-0.3, -0.25) is 9.59 Å². The highest BCUT2D eigenvalue weighted by Gasteiger charge is 2.11. The molecule has 0 fully saturated rings. The van der Waals surface area contributed by atoms with E-state index in [4.69, 9.17) is 24.7 Å². The third kappa shape index (κ3) is 7.77. The number of ether oxygens (including phenoxy) is 2. The second-order valence-electron chi connectivity index (χ2n) is 8.90. The lowest BCUT2D eigenvalue weighted by molar-refractivity contribution is -0.138. The highest BCUT2D eigenvalue weighted by molar-refractivity contribution is 5.87. The largest absolute Gasteiger partial charge is 0.494 e. The zero-order valence-electron chi connectivity index (χ0n) is 21.0. The van der Waals surface area contributed by atoms with Gasteiger partial charge in [0, 0.05) is 30.0 Å². The summed E-state index contributed by atoms with van der Waals surface area (Å²) < 4.78 is 11.7. The smallest absolute Gasteiger partial charge is 0.303 e. The Morgan fingerprint density at radius 3 is 2.03 bits per heavy atom. The molecule has 8 nitrogen and oxygen atoms in total. The van der Waals surface area contributed by atoms with Crippen LogP contribution in [0.25, 0.3) is 33.4 Å². The fourth-order valence-electron chi connectivity index (χ4n) is 3.96. The van der Waals surface area contributed by atoms with Crippen molar-refractivity contribution in [3.05, 3.63) is 72.8 Å². The number of nitrogens with zero attached hydrogens (tertiary/aromatic N) is 2. The van der Waals surface area contributed by atoms with Gasteiger partial charge in [-0.2, -0.15) is 4.98 Å². The highest BCUT2D eigenvalue weighted by atomic mass is 16.5. The number of fused-ring (bicyclic) bond motifs is 1. The van der Waals surface area contributed by atoms with E-state index in [0.29, 0.717) is 50.6 Å². The van der Waals surface area contributed by atoms with Gasteiger partial charge >= 0.3 is 11.9 Å². The molecule has 4 aromatic rings. The molecule has 0 bridgehead atoms. The quantitative estimate of drug-likeness (QED) is 0.190. The molecule has 0 aliphatic carbocycles. The Morgan fingerprint density at radius 1 is 0.658 bits per heavy atom. The Morgan fingerprint density at radius 2 is 1.32 bits per heavy atom. The van der Waals surface area contributed by atoms with E-state index in [9.17, 15) is 9.59 Å². The molecule has 0 amide bonds. The van der Waals surface area contributed by atoms with Gasteiger partial charge < -0.3 is 19.7 Å². The SMILES string of the molecule is O=C(O)CCCCOc1ccc2cc(-c3nc(OCCCCC(=O)O)cc(-c4ccccc4)n3)ccc2c1. The van der Waals surface area contributed by atoms with Crippen molar-refractivity contribution in [2.75, 3.05) is 13.2 Å². The van der Waals surface area contributed by atoms with Crippen LogP contribution in [0.1, 0.15) is 38.5 Å². The van der Waals surface area contributed by atoms with Crippen molar-refractivity contribution in [3.8, 4) is 34.3 Å². The lowest BCUT2D eigenvalue weighted by Gasteiger charge is -2.11. The summed E-state index contributed by atoms with van der Waals surface area (Å²) in [6.07, 6.45) is 2.69. The standard InChI is InChI=1S/C30H30N2O6/c33-28(34)10-4-6-16-37-25-15-14-22-18-24(13-12-23(22)19-25)30-31-26(21-8-2-1-3-9-21)20-27(32-30)38-17-7-5-11-29(35)36/h1-3,8-9,12-15,18-20H,4-7,10-11,16-17H2,(H,33,34)(H,35,36). The van der Waals surface area contributed by atoms with Crippen molar-refractivity contribution in [3.63, 3.8) is 0 Å². The molecule has 196 valence electrons. The molecule has 0 unspecified atom stereocenters. The number of unbranched alkanes of at least 4 members (excludes halogenated alkanes) is 2. The Bertz CT molecular complexity index is 1390. The molecule has 0 saturated carbocycles. The van der Waals surface area contributed by atoms with Gasteiger partial charge in [0.05, 0.1) is 18.9 Å². The van der Waals surface area contributed by atoms with Gasteiger partial charge in [-0.05, 0) is 54.7 Å². The number of hydrogen-bond donors (Lipinski definition) is 2. The summed E-state index contributed by atoms with van der Waals surface area (Å²) in [5, 5.41) is 19.6. The molecule has 0 spiro atoms. The third-order valence-electron chi connectivity index (χ3n) is 5.93. The summed E-state index contributed by atoms with van der Waals surface area (Å²) in [5.41, 5.74) is 2.52. The highest BCUT2D eigenvalue weighted by Crippen LogP contribution is 2.29. The van der Waals surface area contributed by atoms with Crippen LogP contribution in [0, 0.1) is 0 Å². The Kier molecular flexibility index (Phi) is 9.23. The molecule has 38 heavy (non-hydrogen) atoms. The molecule has 2 N–H and O–H groups in total. The van der Waals surface area contributed by atoms with E-state index in [-0.39, 0.29) is 12.8 Å². The fraction of sp³-hybridized carbons (Fsp3) is 0.267. The van der Waals surface area contributed by atoms with Gasteiger partial charge in [0.1, 0.15) is 5.75 Å². The summed E-state index contributed by atoms with van der Waals surface area (Å²) in [7, 11) is 0. The molecular formula is C30H30N2O6. The van der Waals surface area contributed by atoms with Crippen LogP contribution in [0.3, 0.4) is 0 Å². The monoisotopic (exact) mass is 514 g/mol. The van der Waals surface area contributed by atoms with Crippen LogP contribution in [-0.2, 0) is 9.59 Å². The summed E-state index contributed by atoms with van der Waals surface area (Å²) in [6.45, 7) is 0.838. The molecule has 0 aliphatic rings. The first-order chi connectivity index (χ1) is 18.5. The average molecular weight is 515 g/mol. The number of aliphatic carboxylic acids is 2. The van der Waals surface area contributed by atoms with Crippen LogP contribution in [-0.4, -0.2) is 45.3 Å². The number of hydrogen-bond acceptors (Lipinski definition) is 6. The zero-order chi connectivity index (χ0) is 26.7. The topological polar surface area (TPSA) is 119 Å². The van der Waals surface area contributed by atoms with E-state index in [1.807, 2.05) is 66.7 Å². The molecule has 8 heteroatoms. The van der Waals surface area contributed by atoms with Gasteiger partial charge in [0.2, 0.25) is 5.88 Å². The van der Waals surface area contributed by atoms with Crippen LogP contribution in [0.5, 0.6) is 11.6 Å². The van der Waals surface area contributed by atoms with E-state index >= 15 is 0 Å². The minimum absolute atomic E-state index is 0.113. The Hall–Kier alpha value is -4.46. The molecule has 1 heterocycles. The predicted octanol–water partition coefficient (Wildman–Crippen LogP) is 6.23. The molecule has 0 radical (unpaired) electrons. The van der Waals surface area contributed by atoms with E-state index in [1.165, 1.54) is 0 Å². The van der Waals surface area contributed by atoms with Crippen LogP contribution in [0.4, 0.5) is 0 Å². The molecule has 1 aromatic heterocycles. The van der Waals surface area contributed by atoms with Gasteiger partial charge in [-0.1, -0.05) is 48.5 Å². The first-order valence-corrected chi connectivity index (χ1v) is 12.7. The Balaban J connectivity index is 1.52. The van der Waals surface area contributed by atoms with E-state index < -0.39 is 11.9 Å². The number of carboxylic acids is 2. The molecule has 4 rings (SSSR count). The molecule has 0 saturated heterocycles. The van der Waals surface area contributed by atoms with Crippen LogP contribution in [0.2, 0.25) is 0 Å². The van der Waals surface area contributed by atoms with Crippen molar-refractivity contribution >= 4 is 22.7 Å². The fourth-order valence-corrected chi connectivity index (χ4v) is 3.96. The molecule has 0 aliphatic heterocycles. The number of carboxylic acid groups (broad SMARTS) is 2. The van der Waals surface area contributed by atoms with Gasteiger partial charge in [-0.25, -0.2) is 4.98 Å². The summed E-state index contributed by atoms with van der Waals surface area (Å²) in [5.74, 6) is 0.107. The number of rotatable bonds is 14. The first-order valence-electron chi connectivity index (χ1n) is 12.7. The normalized spacial score (nSPS) is 10.8. The Labute approximate surface area is 220 Å². The summed E-state index contributed by atoms with van der Waals surface area (Å²) in [6, 6.07) is 23.4. The van der Waals surface area contributed by atoms with Gasteiger partial charge in [0.25, 0.3) is 0 Å². The van der Waals surface area contributed by atoms with Gasteiger partial charge in [-0.15, -0.1) is 0 Å². The minimum Gasteiger partial charge on any atom is -0.494 e. The third-order valence-corrected chi connectivity index (χ3v) is 5.93. The van der Waals surface area contributed by atoms with Crippen molar-refractivity contribution < 1.29 is 29.3 Å². The van der Waals surface area contributed by atoms with Crippen molar-refractivity contribution in [1.82, 2.24) is 9.97 Å². The maximum atomic E-state index is 10.8. The number of aromatic nitrogens is 2. The van der Waals surface area contributed by atoms with Gasteiger partial charge in [0.15, 0.2) is 5.82 Å². The number of benzene rings is 3. The minimum atomic E-state index is -0.814. The van der Waals surface area contributed by atoms with Crippen molar-refractivity contribution in [1.29, 1.82) is 0 Å². The maximum absolute atomic E-state index is 10.8. The van der Waals surface area contributed by atoms with Crippen molar-refractivity contribution in [2.45, 2.75) is 38.5 Å². The van der Waals surface area contributed by atoms with E-state index in [1.54, 1.807) is 6.07 Å². The average Bonchev–Trinajstić information content (AvgIpc) is 2.92. The summed E-state index contributed by atoms with van der Waals surface area (Å²) >= 11 is 0. The van der Waals surface area contributed by atoms with Crippen LogP contribution < -0.4 is 9.47 Å². The van der Waals surface area contributed by atoms with Crippen molar-refractivity contribution in [2.24, 2.45) is 0 Å². The first kappa shape index (κ1) is 26.6. The van der Waals surface area contributed by atoms with E-state index in [2.05, 4.69) is 4.98 Å². The predicted molar refractivity (Wildman–Crippen MR) is 144 cm³/mol. The lowest BCUT2D eigenvalue weighted by Crippen LogP contribution is -2.03. The molecule has 3 aromatic carbocycles. The second kappa shape index (κ2) is 13.2. The van der Waals surface area contributed by atoms with Crippen LogP contribution in [0.15, 0.2) is 72.8 Å². The second-order valence-corrected chi connectivity index (χ2v) is 8.90. The lowest BCUT2D eigenvalue weighted by atomic mass is 10.1. The maximum Gasteiger partial charge on any atom is 0.303 e. The zero-order valence-corrected chi connectivity index (χ0v) is 21.0. The summed E-state index contributed by atoms with van der Waals surface area (Å²) in [4.78, 5) is 30.8. The number of carbonyl (C=O) groups is 2.